The van der Waals surface area contributed by atoms with Gasteiger partial charge >= 0.3 is 0 Å². The number of aromatic nitrogens is 2. The highest BCUT2D eigenvalue weighted by atomic mass is 35.5. The van der Waals surface area contributed by atoms with Crippen LogP contribution in [-0.2, 0) is 20.0 Å². The van der Waals surface area contributed by atoms with Gasteiger partial charge in [0.25, 0.3) is 10.0 Å². The second-order valence-electron chi connectivity index (χ2n) is 8.74. The van der Waals surface area contributed by atoms with Gasteiger partial charge in [-0.25, -0.2) is 12.8 Å². The van der Waals surface area contributed by atoms with Gasteiger partial charge in [-0.3, -0.25) is 0 Å². The summed E-state index contributed by atoms with van der Waals surface area (Å²) in [4.78, 5) is 1.95. The summed E-state index contributed by atoms with van der Waals surface area (Å²) in [6.07, 6.45) is 2.64. The third kappa shape index (κ3) is 3.71. The summed E-state index contributed by atoms with van der Waals surface area (Å²) in [5.74, 6) is -0.362. The Morgan fingerprint density at radius 3 is 2.33 bits per heavy atom. The minimum absolute atomic E-state index is 0.0208. The van der Waals surface area contributed by atoms with Crippen LogP contribution in [0.3, 0.4) is 0 Å². The van der Waals surface area contributed by atoms with E-state index in [1.807, 2.05) is 11.8 Å². The molecule has 1 saturated heterocycles. The lowest BCUT2D eigenvalue weighted by molar-refractivity contribution is 0.321. The fourth-order valence-electron chi connectivity index (χ4n) is 4.43. The first-order valence-electron chi connectivity index (χ1n) is 10.4. The molecule has 0 amide bonds. The topological polar surface area (TPSA) is 92.6 Å². The molecule has 176 valence electrons. The third-order valence-electron chi connectivity index (χ3n) is 6.36. The average molecular weight is 513 g/mol. The molecule has 1 aliphatic heterocycles. The van der Waals surface area contributed by atoms with Crippen LogP contribution in [0.4, 0.5) is 10.2 Å². The lowest BCUT2D eigenvalue weighted by Crippen LogP contribution is -2.56. The first-order valence-corrected chi connectivity index (χ1v) is 14.0. The van der Waals surface area contributed by atoms with Crippen molar-refractivity contribution in [3.05, 3.63) is 52.8 Å². The van der Waals surface area contributed by atoms with Gasteiger partial charge in [-0.2, -0.15) is 16.8 Å². The van der Waals surface area contributed by atoms with Crippen LogP contribution in [0.25, 0.3) is 10.9 Å². The van der Waals surface area contributed by atoms with E-state index in [0.29, 0.717) is 17.7 Å². The number of anilines is 1. The fraction of sp³-hybridized carbons (Fsp3) is 0.381. The van der Waals surface area contributed by atoms with Gasteiger partial charge in [0.15, 0.2) is 5.82 Å². The predicted molar refractivity (Wildman–Crippen MR) is 124 cm³/mol. The molecule has 33 heavy (non-hydrogen) atoms. The maximum absolute atomic E-state index is 14.3. The molecule has 2 aromatic carbocycles. The lowest BCUT2D eigenvalue weighted by Gasteiger charge is -2.41. The van der Waals surface area contributed by atoms with E-state index < -0.39 is 31.4 Å². The minimum Gasteiger partial charge on any atom is -0.346 e. The quantitative estimate of drug-likeness (QED) is 0.533. The average Bonchev–Trinajstić information content (AvgIpc) is 3.37. The largest absolute Gasteiger partial charge is 0.346 e. The van der Waals surface area contributed by atoms with Gasteiger partial charge in [-0.15, -0.1) is 5.10 Å². The summed E-state index contributed by atoms with van der Waals surface area (Å²) in [7, 11) is -7.50. The highest BCUT2D eigenvalue weighted by Gasteiger charge is 2.54. The number of hydrogen-bond acceptors (Lipinski definition) is 6. The predicted octanol–water partition coefficient (Wildman–Crippen LogP) is 2.99. The molecule has 1 saturated carbocycles. The van der Waals surface area contributed by atoms with Crippen LogP contribution in [-0.4, -0.2) is 61.8 Å². The summed E-state index contributed by atoms with van der Waals surface area (Å²) in [6, 6.07) is 8.55. The molecule has 0 N–H and O–H groups in total. The normalized spacial score (nSPS) is 18.8. The molecule has 0 bridgehead atoms. The fourth-order valence-corrected chi connectivity index (χ4v) is 6.87. The van der Waals surface area contributed by atoms with E-state index in [0.717, 1.165) is 34.6 Å². The highest BCUT2D eigenvalue weighted by Crippen LogP contribution is 2.49. The van der Waals surface area contributed by atoms with Crippen molar-refractivity contribution in [3.8, 4) is 0 Å². The molecule has 5 rings (SSSR count). The van der Waals surface area contributed by atoms with E-state index in [9.17, 15) is 21.2 Å². The van der Waals surface area contributed by atoms with E-state index in [1.54, 1.807) is 12.1 Å². The van der Waals surface area contributed by atoms with Crippen molar-refractivity contribution in [1.29, 1.82) is 0 Å². The molecule has 2 fully saturated rings. The Morgan fingerprint density at radius 2 is 1.73 bits per heavy atom. The zero-order valence-electron chi connectivity index (χ0n) is 18.0. The summed E-state index contributed by atoms with van der Waals surface area (Å²) >= 11 is 6.41. The van der Waals surface area contributed by atoms with Gasteiger partial charge in [0.1, 0.15) is 5.82 Å². The van der Waals surface area contributed by atoms with Gasteiger partial charge < -0.3 is 4.90 Å². The zero-order valence-corrected chi connectivity index (χ0v) is 20.4. The Morgan fingerprint density at radius 1 is 1.06 bits per heavy atom. The minimum atomic E-state index is -4.14. The molecule has 1 aromatic heterocycles. The number of nitrogens with zero attached hydrogens (tertiary/aromatic N) is 4. The molecule has 2 heterocycles. The molecule has 0 unspecified atom stereocenters. The van der Waals surface area contributed by atoms with Crippen LogP contribution >= 0.6 is 11.6 Å². The van der Waals surface area contributed by atoms with E-state index in [4.69, 9.17) is 11.6 Å². The van der Waals surface area contributed by atoms with E-state index in [-0.39, 0.29) is 28.5 Å². The number of sulfonamides is 1. The molecule has 1 spiro atoms. The number of fused-ring (bicyclic) bond motifs is 1. The van der Waals surface area contributed by atoms with Crippen molar-refractivity contribution in [2.24, 2.45) is 0 Å². The Labute approximate surface area is 196 Å². The summed E-state index contributed by atoms with van der Waals surface area (Å²) < 4.78 is 67.7. The molecule has 0 radical (unpaired) electrons. The molecular formula is C21H22ClFN4O4S2. The van der Waals surface area contributed by atoms with Crippen molar-refractivity contribution in [2.75, 3.05) is 30.8 Å². The Hall–Kier alpha value is -2.21. The van der Waals surface area contributed by atoms with Crippen molar-refractivity contribution in [2.45, 2.75) is 30.2 Å². The van der Waals surface area contributed by atoms with Gasteiger partial charge in [-0.05, 0) is 38.0 Å². The maximum atomic E-state index is 14.3. The third-order valence-corrected chi connectivity index (χ3v) is 9.51. The molecule has 8 nitrogen and oxygen atoms in total. The van der Waals surface area contributed by atoms with E-state index in [2.05, 4.69) is 5.10 Å². The first-order chi connectivity index (χ1) is 15.4. The monoisotopic (exact) mass is 512 g/mol. The van der Waals surface area contributed by atoms with Crippen molar-refractivity contribution in [1.82, 2.24) is 13.5 Å². The Bertz CT molecular complexity index is 1480. The zero-order chi connectivity index (χ0) is 23.8. The van der Waals surface area contributed by atoms with Crippen molar-refractivity contribution >= 4 is 48.4 Å². The molecule has 0 atom stereocenters. The maximum Gasteiger partial charge on any atom is 0.283 e. The van der Waals surface area contributed by atoms with Crippen molar-refractivity contribution < 1.29 is 21.2 Å². The first kappa shape index (κ1) is 22.6. The highest BCUT2D eigenvalue weighted by molar-refractivity contribution is 7.90. The van der Waals surface area contributed by atoms with Crippen LogP contribution in [0.1, 0.15) is 18.4 Å². The number of rotatable bonds is 4. The van der Waals surface area contributed by atoms with Crippen LogP contribution < -0.4 is 4.90 Å². The summed E-state index contributed by atoms with van der Waals surface area (Å²) in [5, 5.41) is 4.82. The molecular weight excluding hydrogens is 491 g/mol. The number of aryl methyl sites for hydroxylation is 1. The smallest absolute Gasteiger partial charge is 0.283 e. The van der Waals surface area contributed by atoms with Crippen molar-refractivity contribution in [3.63, 3.8) is 0 Å². The second kappa shape index (κ2) is 7.39. The molecule has 2 aliphatic rings. The number of piperazine rings is 1. The van der Waals surface area contributed by atoms with Crippen LogP contribution in [0, 0.1) is 12.7 Å². The van der Waals surface area contributed by atoms with Crippen LogP contribution in [0.5, 0.6) is 0 Å². The number of benzene rings is 2. The van der Waals surface area contributed by atoms with Gasteiger partial charge in [-0.1, -0.05) is 29.3 Å². The van der Waals surface area contributed by atoms with Crippen LogP contribution in [0.2, 0.25) is 5.02 Å². The van der Waals surface area contributed by atoms with Gasteiger partial charge in [0.2, 0.25) is 10.0 Å². The van der Waals surface area contributed by atoms with Crippen LogP contribution in [0.15, 0.2) is 41.3 Å². The van der Waals surface area contributed by atoms with E-state index in [1.165, 1.54) is 22.7 Å². The Balaban J connectivity index is 1.68. The molecule has 1 aliphatic carbocycles. The van der Waals surface area contributed by atoms with E-state index >= 15 is 0 Å². The SMILES string of the molecule is Cc1ccc(S(=O)(=O)n2nc(N3CCN(S(C)(=O)=O)CC34CC4)c3c(Cl)cc(F)cc32)cc1. The van der Waals surface area contributed by atoms with Gasteiger partial charge in [0, 0.05) is 25.7 Å². The number of halogens is 2. The standard InChI is InChI=1S/C21H22ClFN4O4S2/c1-14-3-5-16(6-4-14)33(30,31)27-18-12-15(23)11-17(22)19(18)20(24-27)26-10-9-25(32(2,28)29)13-21(26)7-8-21/h3-6,11-12H,7-10,13H2,1-2H3. The summed E-state index contributed by atoms with van der Waals surface area (Å²) in [5.41, 5.74) is 0.448. The lowest BCUT2D eigenvalue weighted by atomic mass is 10.1. The number of hydrogen-bond donors (Lipinski definition) is 0. The molecule has 3 aromatic rings. The molecule has 12 heteroatoms. The second-order valence-corrected chi connectivity index (χ2v) is 12.9. The van der Waals surface area contributed by atoms with Gasteiger partial charge in [0.05, 0.1) is 32.6 Å². The summed E-state index contributed by atoms with van der Waals surface area (Å²) in [6.45, 7) is 2.68. The Kier molecular flexibility index (Phi) is 5.06.